The monoisotopic (exact) mass is 362 g/mol. The zero-order valence-corrected chi connectivity index (χ0v) is 16.5. The van der Waals surface area contributed by atoms with Gasteiger partial charge in [0, 0.05) is 6.42 Å². The minimum Gasteiger partial charge on any atom is -0.374 e. The van der Waals surface area contributed by atoms with Crippen LogP contribution in [-0.2, 0) is 19.2 Å². The molecule has 0 aliphatic heterocycles. The number of hydrogen-bond acceptors (Lipinski definition) is 5. The van der Waals surface area contributed by atoms with Gasteiger partial charge in [-0.1, -0.05) is 45.4 Å². The molecule has 0 aromatic rings. The van der Waals surface area contributed by atoms with Crippen LogP contribution in [-0.4, -0.2) is 33.8 Å². The van der Waals surface area contributed by atoms with Crippen LogP contribution in [0.2, 0.25) is 0 Å². The number of aliphatic hydroxyl groups is 1. The molecule has 0 bridgehead atoms. The van der Waals surface area contributed by atoms with E-state index in [1.807, 2.05) is 41.5 Å². The Kier molecular flexibility index (Phi) is 7.39. The Balaban J connectivity index is 3.35. The van der Waals surface area contributed by atoms with Crippen LogP contribution in [0.1, 0.15) is 54.4 Å². The standard InChI is InChI=1S/C21H30O5/c1-12(2)7-9-15-19(24)18(16(22)11-14(5)6)20(25)21(15,26)17(23)10-8-13(3)4/h7-8,10,13-15,18,26H,9,11H2,1-6H3/b10-8+. The fraction of sp³-hybridized carbons (Fsp3) is 0.619. The van der Waals surface area contributed by atoms with Crippen LogP contribution in [0.3, 0.4) is 0 Å². The Morgan fingerprint density at radius 3 is 2.19 bits per heavy atom. The molecule has 1 aliphatic carbocycles. The Labute approximate surface area is 155 Å². The zero-order valence-electron chi connectivity index (χ0n) is 16.5. The highest BCUT2D eigenvalue weighted by Gasteiger charge is 2.63. The van der Waals surface area contributed by atoms with E-state index in [1.54, 1.807) is 12.2 Å². The number of ketones is 4. The highest BCUT2D eigenvalue weighted by Crippen LogP contribution is 2.39. The Bertz CT molecular complexity index is 649. The molecule has 5 nitrogen and oxygen atoms in total. The van der Waals surface area contributed by atoms with Gasteiger partial charge in [0.1, 0.15) is 5.92 Å². The maximum Gasteiger partial charge on any atom is 0.196 e. The lowest BCUT2D eigenvalue weighted by Crippen LogP contribution is -2.49. The maximum atomic E-state index is 12.8. The average molecular weight is 362 g/mol. The predicted octanol–water partition coefficient (Wildman–Crippen LogP) is 2.85. The van der Waals surface area contributed by atoms with Gasteiger partial charge >= 0.3 is 0 Å². The lowest BCUT2D eigenvalue weighted by Gasteiger charge is -2.24. The van der Waals surface area contributed by atoms with E-state index in [0.717, 1.165) is 11.6 Å². The average Bonchev–Trinajstić information content (AvgIpc) is 2.69. The molecule has 26 heavy (non-hydrogen) atoms. The zero-order chi connectivity index (χ0) is 20.2. The van der Waals surface area contributed by atoms with Crippen molar-refractivity contribution < 1.29 is 24.3 Å². The first-order chi connectivity index (χ1) is 11.9. The number of allylic oxidation sites excluding steroid dienone is 3. The summed E-state index contributed by atoms with van der Waals surface area (Å²) in [4.78, 5) is 50.7. The largest absolute Gasteiger partial charge is 0.374 e. The Morgan fingerprint density at radius 1 is 1.15 bits per heavy atom. The van der Waals surface area contributed by atoms with Crippen LogP contribution in [0, 0.1) is 23.7 Å². The lowest BCUT2D eigenvalue weighted by molar-refractivity contribution is -0.151. The summed E-state index contributed by atoms with van der Waals surface area (Å²) in [5.74, 6) is -5.71. The van der Waals surface area contributed by atoms with Gasteiger partial charge in [0.15, 0.2) is 28.7 Å². The molecule has 1 N–H and O–H groups in total. The second-order valence-corrected chi connectivity index (χ2v) is 8.07. The molecule has 3 atom stereocenters. The molecular weight excluding hydrogens is 332 g/mol. The normalized spacial score (nSPS) is 26.2. The van der Waals surface area contributed by atoms with Crippen LogP contribution in [0.5, 0.6) is 0 Å². The summed E-state index contributed by atoms with van der Waals surface area (Å²) in [5, 5.41) is 11.0. The smallest absolute Gasteiger partial charge is 0.196 e. The fourth-order valence-electron chi connectivity index (χ4n) is 3.09. The number of carbonyl (C=O) groups is 4. The van der Waals surface area contributed by atoms with Crippen molar-refractivity contribution in [2.24, 2.45) is 23.7 Å². The van der Waals surface area contributed by atoms with Gasteiger partial charge in [-0.25, -0.2) is 0 Å². The molecule has 144 valence electrons. The molecule has 0 amide bonds. The first kappa shape index (κ1) is 22.2. The van der Waals surface area contributed by atoms with Gasteiger partial charge in [0.05, 0.1) is 5.92 Å². The third-order valence-corrected chi connectivity index (χ3v) is 4.47. The minimum absolute atomic E-state index is 0.0236. The van der Waals surface area contributed by atoms with E-state index >= 15 is 0 Å². The van der Waals surface area contributed by atoms with E-state index in [2.05, 4.69) is 0 Å². The second-order valence-electron chi connectivity index (χ2n) is 8.07. The van der Waals surface area contributed by atoms with Crippen molar-refractivity contribution in [3.63, 3.8) is 0 Å². The minimum atomic E-state index is -2.47. The molecule has 0 saturated heterocycles. The molecule has 1 saturated carbocycles. The summed E-state index contributed by atoms with van der Waals surface area (Å²) in [5.41, 5.74) is -1.57. The molecule has 1 fully saturated rings. The number of Topliss-reactive ketones (excluding diaryl/α,β-unsaturated/α-hetero) is 3. The van der Waals surface area contributed by atoms with E-state index in [1.165, 1.54) is 0 Å². The van der Waals surface area contributed by atoms with Gasteiger partial charge < -0.3 is 5.11 Å². The first-order valence-corrected chi connectivity index (χ1v) is 9.12. The number of hydrogen-bond donors (Lipinski definition) is 1. The molecule has 0 radical (unpaired) electrons. The summed E-state index contributed by atoms with van der Waals surface area (Å²) >= 11 is 0. The summed E-state index contributed by atoms with van der Waals surface area (Å²) in [7, 11) is 0. The van der Waals surface area contributed by atoms with Gasteiger partial charge in [-0.3, -0.25) is 19.2 Å². The summed E-state index contributed by atoms with van der Waals surface area (Å²) < 4.78 is 0. The third kappa shape index (κ3) is 4.64. The van der Waals surface area contributed by atoms with Crippen molar-refractivity contribution in [3.05, 3.63) is 23.8 Å². The molecule has 5 heteroatoms. The van der Waals surface area contributed by atoms with E-state index in [-0.39, 0.29) is 24.7 Å². The number of rotatable bonds is 8. The molecule has 0 aromatic heterocycles. The van der Waals surface area contributed by atoms with Crippen molar-refractivity contribution in [3.8, 4) is 0 Å². The lowest BCUT2D eigenvalue weighted by atomic mass is 9.82. The molecule has 0 aromatic carbocycles. The van der Waals surface area contributed by atoms with E-state index < -0.39 is 40.6 Å². The molecule has 3 unspecified atom stereocenters. The highest BCUT2D eigenvalue weighted by molar-refractivity contribution is 6.34. The molecular formula is C21H30O5. The van der Waals surface area contributed by atoms with Crippen LogP contribution in [0.4, 0.5) is 0 Å². The summed E-state index contributed by atoms with van der Waals surface area (Å²) in [6, 6.07) is 0. The van der Waals surface area contributed by atoms with Crippen molar-refractivity contribution in [1.29, 1.82) is 0 Å². The predicted molar refractivity (Wildman–Crippen MR) is 99.4 cm³/mol. The highest BCUT2D eigenvalue weighted by atomic mass is 16.3. The molecule has 1 aliphatic rings. The number of carbonyl (C=O) groups excluding carboxylic acids is 4. The van der Waals surface area contributed by atoms with Gasteiger partial charge in [-0.15, -0.1) is 0 Å². The Hall–Kier alpha value is -1.88. The summed E-state index contributed by atoms with van der Waals surface area (Å²) in [6.45, 7) is 11.0. The van der Waals surface area contributed by atoms with Crippen LogP contribution < -0.4 is 0 Å². The van der Waals surface area contributed by atoms with Gasteiger partial charge in [-0.2, -0.15) is 0 Å². The van der Waals surface area contributed by atoms with Crippen LogP contribution >= 0.6 is 0 Å². The molecule has 0 spiro atoms. The summed E-state index contributed by atoms with van der Waals surface area (Å²) in [6.07, 6.45) is 4.54. The first-order valence-electron chi connectivity index (χ1n) is 9.12. The maximum absolute atomic E-state index is 12.8. The van der Waals surface area contributed by atoms with E-state index in [0.29, 0.717) is 0 Å². The second kappa shape index (κ2) is 8.67. The SMILES string of the molecule is CC(C)=CCC1C(=O)C(C(=O)CC(C)C)C(=O)C1(O)C(=O)/C=C/C(C)C. The van der Waals surface area contributed by atoms with Gasteiger partial charge in [0.2, 0.25) is 0 Å². The Morgan fingerprint density at radius 2 is 1.73 bits per heavy atom. The van der Waals surface area contributed by atoms with Crippen LogP contribution in [0.25, 0.3) is 0 Å². The molecule has 0 heterocycles. The van der Waals surface area contributed by atoms with Crippen molar-refractivity contribution >= 4 is 23.1 Å². The molecule has 1 rings (SSSR count). The van der Waals surface area contributed by atoms with Crippen molar-refractivity contribution in [1.82, 2.24) is 0 Å². The topological polar surface area (TPSA) is 88.5 Å². The fourth-order valence-corrected chi connectivity index (χ4v) is 3.09. The van der Waals surface area contributed by atoms with Crippen molar-refractivity contribution in [2.75, 3.05) is 0 Å². The van der Waals surface area contributed by atoms with E-state index in [9.17, 15) is 24.3 Å². The quantitative estimate of drug-likeness (QED) is 0.407. The van der Waals surface area contributed by atoms with Gasteiger partial charge in [-0.05, 0) is 38.2 Å². The van der Waals surface area contributed by atoms with Crippen LogP contribution in [0.15, 0.2) is 23.8 Å². The van der Waals surface area contributed by atoms with Crippen molar-refractivity contribution in [2.45, 2.75) is 60.0 Å². The third-order valence-electron chi connectivity index (χ3n) is 4.47. The van der Waals surface area contributed by atoms with E-state index in [4.69, 9.17) is 0 Å². The van der Waals surface area contributed by atoms with Gasteiger partial charge in [0.25, 0.3) is 0 Å².